The minimum atomic E-state index is 0.133. The standard InChI is InChI=1S/C17H25NO2S/c1-14(16-6-7-16)18(8-10-20-2)12-17-11-15(13-21-17)5-3-4-9-19/h11,13-14,16,19H,4,6-10,12H2,1-2H3. The molecule has 0 aliphatic heterocycles. The molecule has 0 radical (unpaired) electrons. The van der Waals surface area contributed by atoms with Crippen molar-refractivity contribution in [3.8, 4) is 11.8 Å². The lowest BCUT2D eigenvalue weighted by Crippen LogP contribution is -2.36. The molecule has 1 heterocycles. The minimum absolute atomic E-state index is 0.133. The predicted molar refractivity (Wildman–Crippen MR) is 87.4 cm³/mol. The highest BCUT2D eigenvalue weighted by Gasteiger charge is 2.31. The summed E-state index contributed by atoms with van der Waals surface area (Å²) in [5, 5.41) is 10.9. The molecular formula is C17H25NO2S. The Morgan fingerprint density at radius 2 is 2.33 bits per heavy atom. The van der Waals surface area contributed by atoms with E-state index in [4.69, 9.17) is 9.84 Å². The highest BCUT2D eigenvalue weighted by molar-refractivity contribution is 7.10. The first-order valence-electron chi connectivity index (χ1n) is 7.64. The molecule has 1 aromatic rings. The second-order valence-corrected chi connectivity index (χ2v) is 6.61. The topological polar surface area (TPSA) is 32.7 Å². The van der Waals surface area contributed by atoms with Crippen LogP contribution in [0.4, 0.5) is 0 Å². The van der Waals surface area contributed by atoms with Crippen molar-refractivity contribution < 1.29 is 9.84 Å². The summed E-state index contributed by atoms with van der Waals surface area (Å²) in [4.78, 5) is 3.88. The van der Waals surface area contributed by atoms with E-state index in [1.165, 1.54) is 17.7 Å². The number of hydrogen-bond acceptors (Lipinski definition) is 4. The maximum atomic E-state index is 8.75. The van der Waals surface area contributed by atoms with Crippen LogP contribution in [0.1, 0.15) is 36.6 Å². The van der Waals surface area contributed by atoms with Crippen LogP contribution in [0.2, 0.25) is 0 Å². The average Bonchev–Trinajstić information content (AvgIpc) is 3.24. The summed E-state index contributed by atoms with van der Waals surface area (Å²) in [5.74, 6) is 6.95. The van der Waals surface area contributed by atoms with Crippen LogP contribution >= 0.6 is 11.3 Å². The molecule has 1 fully saturated rings. The maximum absolute atomic E-state index is 8.75. The SMILES string of the molecule is COCCN(Cc1cc(C#CCCO)cs1)C(C)C1CC1. The van der Waals surface area contributed by atoms with Crippen molar-refractivity contribution in [2.45, 2.75) is 38.8 Å². The van der Waals surface area contributed by atoms with Crippen LogP contribution in [0.15, 0.2) is 11.4 Å². The smallest absolute Gasteiger partial charge is 0.0589 e. The third kappa shape index (κ3) is 5.44. The van der Waals surface area contributed by atoms with Gasteiger partial charge < -0.3 is 9.84 Å². The monoisotopic (exact) mass is 307 g/mol. The summed E-state index contributed by atoms with van der Waals surface area (Å²) in [5.41, 5.74) is 1.06. The number of methoxy groups -OCH3 is 1. The van der Waals surface area contributed by atoms with E-state index >= 15 is 0 Å². The molecule has 1 aliphatic carbocycles. The Morgan fingerprint density at radius 1 is 1.52 bits per heavy atom. The summed E-state index contributed by atoms with van der Waals surface area (Å²) < 4.78 is 5.25. The summed E-state index contributed by atoms with van der Waals surface area (Å²) in [6, 6.07) is 2.81. The Balaban J connectivity index is 1.94. The van der Waals surface area contributed by atoms with E-state index in [0.29, 0.717) is 12.5 Å². The van der Waals surface area contributed by atoms with Crippen molar-refractivity contribution in [3.63, 3.8) is 0 Å². The number of ether oxygens (including phenoxy) is 1. The van der Waals surface area contributed by atoms with Gasteiger partial charge in [-0.1, -0.05) is 11.8 Å². The van der Waals surface area contributed by atoms with Crippen LogP contribution in [0.25, 0.3) is 0 Å². The Morgan fingerprint density at radius 3 is 3.00 bits per heavy atom. The molecule has 1 saturated carbocycles. The van der Waals surface area contributed by atoms with E-state index in [1.54, 1.807) is 18.4 Å². The zero-order valence-electron chi connectivity index (χ0n) is 13.0. The van der Waals surface area contributed by atoms with E-state index in [2.05, 4.69) is 35.1 Å². The molecular weight excluding hydrogens is 282 g/mol. The quantitative estimate of drug-likeness (QED) is 0.750. The van der Waals surface area contributed by atoms with Gasteiger partial charge in [0.05, 0.1) is 13.2 Å². The van der Waals surface area contributed by atoms with Crippen molar-refractivity contribution in [3.05, 3.63) is 21.9 Å². The molecule has 3 nitrogen and oxygen atoms in total. The number of aliphatic hydroxyl groups is 1. The zero-order valence-corrected chi connectivity index (χ0v) is 13.8. The fourth-order valence-corrected chi connectivity index (χ4v) is 3.30. The van der Waals surface area contributed by atoms with Gasteiger partial charge >= 0.3 is 0 Å². The molecule has 0 saturated heterocycles. The molecule has 1 aromatic heterocycles. The molecule has 0 aromatic carbocycles. The predicted octanol–water partition coefficient (Wildman–Crippen LogP) is 2.73. The van der Waals surface area contributed by atoms with Crippen molar-refractivity contribution in [2.24, 2.45) is 5.92 Å². The average molecular weight is 307 g/mol. The Kier molecular flexibility index (Phi) is 6.72. The largest absolute Gasteiger partial charge is 0.395 e. The minimum Gasteiger partial charge on any atom is -0.395 e. The lowest BCUT2D eigenvalue weighted by Gasteiger charge is -2.28. The molecule has 1 unspecified atom stereocenters. The molecule has 1 aliphatic rings. The second kappa shape index (κ2) is 8.55. The summed E-state index contributed by atoms with van der Waals surface area (Å²) in [6.07, 6.45) is 3.28. The fraction of sp³-hybridized carbons (Fsp3) is 0.647. The molecule has 2 rings (SSSR count). The van der Waals surface area contributed by atoms with Gasteiger partial charge in [-0.3, -0.25) is 4.90 Å². The number of thiophene rings is 1. The van der Waals surface area contributed by atoms with Crippen molar-refractivity contribution in [2.75, 3.05) is 26.9 Å². The molecule has 0 spiro atoms. The van der Waals surface area contributed by atoms with Crippen molar-refractivity contribution >= 4 is 11.3 Å². The van der Waals surface area contributed by atoms with Crippen molar-refractivity contribution in [1.29, 1.82) is 0 Å². The third-order valence-corrected chi connectivity index (χ3v) is 4.87. The molecule has 0 amide bonds. The van der Waals surface area contributed by atoms with Gasteiger partial charge in [0.25, 0.3) is 0 Å². The van der Waals surface area contributed by atoms with Crippen LogP contribution < -0.4 is 0 Å². The van der Waals surface area contributed by atoms with Crippen LogP contribution in [-0.2, 0) is 11.3 Å². The third-order valence-electron chi connectivity index (χ3n) is 3.95. The maximum Gasteiger partial charge on any atom is 0.0589 e. The van der Waals surface area contributed by atoms with Crippen LogP contribution in [0.5, 0.6) is 0 Å². The van der Waals surface area contributed by atoms with Gasteiger partial charge in [-0.25, -0.2) is 0 Å². The lowest BCUT2D eigenvalue weighted by atomic mass is 10.1. The number of nitrogens with zero attached hydrogens (tertiary/aromatic N) is 1. The Hall–Kier alpha value is -0.860. The van der Waals surface area contributed by atoms with E-state index in [1.807, 2.05) is 0 Å². The highest BCUT2D eigenvalue weighted by atomic mass is 32.1. The van der Waals surface area contributed by atoms with Gasteiger partial charge in [0.2, 0.25) is 0 Å². The lowest BCUT2D eigenvalue weighted by molar-refractivity contribution is 0.112. The fourth-order valence-electron chi connectivity index (χ4n) is 2.46. The first-order valence-corrected chi connectivity index (χ1v) is 8.52. The Bertz CT molecular complexity index is 484. The van der Waals surface area contributed by atoms with E-state index in [-0.39, 0.29) is 6.61 Å². The van der Waals surface area contributed by atoms with E-state index in [9.17, 15) is 0 Å². The van der Waals surface area contributed by atoms with Gasteiger partial charge in [0.15, 0.2) is 0 Å². The van der Waals surface area contributed by atoms with Gasteiger partial charge in [-0.05, 0) is 31.7 Å². The number of hydrogen-bond donors (Lipinski definition) is 1. The van der Waals surface area contributed by atoms with Crippen LogP contribution in [0, 0.1) is 17.8 Å². The Labute approximate surface area is 131 Å². The van der Waals surface area contributed by atoms with E-state index < -0.39 is 0 Å². The molecule has 1 N–H and O–H groups in total. The van der Waals surface area contributed by atoms with Gasteiger partial charge in [0, 0.05) is 48.5 Å². The molecule has 21 heavy (non-hydrogen) atoms. The zero-order chi connectivity index (χ0) is 15.1. The molecule has 0 bridgehead atoms. The normalized spacial score (nSPS) is 15.8. The molecule has 116 valence electrons. The number of rotatable bonds is 8. The summed E-state index contributed by atoms with van der Waals surface area (Å²) in [6.45, 7) is 5.22. The number of aliphatic hydroxyl groups excluding tert-OH is 1. The van der Waals surface area contributed by atoms with Gasteiger partial charge in [-0.2, -0.15) is 0 Å². The van der Waals surface area contributed by atoms with E-state index in [0.717, 1.165) is 31.2 Å². The first-order chi connectivity index (χ1) is 10.2. The van der Waals surface area contributed by atoms with Crippen LogP contribution in [-0.4, -0.2) is 42.9 Å². The van der Waals surface area contributed by atoms with Crippen molar-refractivity contribution in [1.82, 2.24) is 4.90 Å². The molecule has 4 heteroatoms. The first kappa shape index (κ1) is 16.5. The van der Waals surface area contributed by atoms with Crippen LogP contribution in [0.3, 0.4) is 0 Å². The highest BCUT2D eigenvalue weighted by Crippen LogP contribution is 2.35. The second-order valence-electron chi connectivity index (χ2n) is 5.62. The van der Waals surface area contributed by atoms with Gasteiger partial charge in [-0.15, -0.1) is 11.3 Å². The summed E-state index contributed by atoms with van der Waals surface area (Å²) >= 11 is 1.77. The molecule has 1 atom stereocenters. The summed E-state index contributed by atoms with van der Waals surface area (Å²) in [7, 11) is 1.76. The van der Waals surface area contributed by atoms with Gasteiger partial charge in [0.1, 0.15) is 0 Å².